The minimum absolute atomic E-state index is 0.556. The van der Waals surface area contributed by atoms with E-state index in [4.69, 9.17) is 15.0 Å². The van der Waals surface area contributed by atoms with Crippen LogP contribution in [-0.2, 0) is 5.41 Å². The summed E-state index contributed by atoms with van der Waals surface area (Å²) in [4.78, 5) is 24.1. The Bertz CT molecular complexity index is 3140. The topological polar surface area (TPSA) is 64.5 Å². The quantitative estimate of drug-likeness (QED) is 0.174. The molecule has 0 atom stereocenters. The van der Waals surface area contributed by atoms with Crippen LogP contribution in [0.5, 0.6) is 0 Å². The van der Waals surface area contributed by atoms with Crippen molar-refractivity contribution in [3.8, 4) is 89.8 Å². The van der Waals surface area contributed by atoms with Gasteiger partial charge >= 0.3 is 0 Å². The summed E-state index contributed by atoms with van der Waals surface area (Å²) < 4.78 is 0. The molecule has 0 saturated heterocycles. The summed E-state index contributed by atoms with van der Waals surface area (Å²) in [5.41, 5.74) is 19.0. The summed E-state index contributed by atoms with van der Waals surface area (Å²) in [6.07, 6.45) is 7.27. The molecule has 10 aromatic rings. The van der Waals surface area contributed by atoms with E-state index < -0.39 is 5.41 Å². The van der Waals surface area contributed by atoms with Crippen molar-refractivity contribution in [2.45, 2.75) is 5.41 Å². The Labute approximate surface area is 353 Å². The lowest BCUT2D eigenvalue weighted by atomic mass is 9.66. The standard InChI is InChI=1S/C56H35N5/c1-2-10-44-43(9-1)45-11-3-6-14-49(45)56(50-15-7-4-12-46(50)47-13-5-8-16-51(47)56)52-26-25-42(35-48(44)52)55-60-53(40-21-17-36(18-22-40)38-27-31-57-32-28-38)59-54(61-55)41-23-19-37(20-24-41)39-29-33-58-34-30-39/h1-35H. The lowest BCUT2D eigenvalue weighted by molar-refractivity contribution is 0.775. The second-order valence-corrected chi connectivity index (χ2v) is 15.6. The van der Waals surface area contributed by atoms with Crippen LogP contribution in [0.2, 0.25) is 0 Å². The molecule has 12 rings (SSSR count). The van der Waals surface area contributed by atoms with E-state index in [0.717, 1.165) is 44.5 Å². The fourth-order valence-corrected chi connectivity index (χ4v) is 9.67. The molecule has 0 fully saturated rings. The Morgan fingerprint density at radius 2 is 0.557 bits per heavy atom. The number of fused-ring (bicyclic) bond motifs is 12. The summed E-state index contributed by atoms with van der Waals surface area (Å²) in [6, 6.07) is 67.4. The van der Waals surface area contributed by atoms with Crippen LogP contribution in [0, 0.1) is 0 Å². The van der Waals surface area contributed by atoms with Crippen molar-refractivity contribution in [1.82, 2.24) is 24.9 Å². The molecule has 7 aromatic carbocycles. The summed E-state index contributed by atoms with van der Waals surface area (Å²) in [6.45, 7) is 0. The van der Waals surface area contributed by atoms with E-state index >= 15 is 0 Å². The lowest BCUT2D eigenvalue weighted by Crippen LogP contribution is -2.29. The van der Waals surface area contributed by atoms with E-state index in [1.165, 1.54) is 50.1 Å². The van der Waals surface area contributed by atoms with Crippen LogP contribution in [0.1, 0.15) is 22.3 Å². The molecular weight excluding hydrogens is 743 g/mol. The van der Waals surface area contributed by atoms with Crippen molar-refractivity contribution >= 4 is 0 Å². The maximum absolute atomic E-state index is 5.26. The molecule has 0 bridgehead atoms. The average Bonchev–Trinajstić information content (AvgIpc) is 3.59. The van der Waals surface area contributed by atoms with Crippen LogP contribution in [0.15, 0.2) is 213 Å². The number of pyridine rings is 2. The molecule has 0 radical (unpaired) electrons. The number of hydrogen-bond donors (Lipinski definition) is 0. The summed E-state index contributed by atoms with van der Waals surface area (Å²) in [7, 11) is 0. The molecule has 3 aromatic heterocycles. The largest absolute Gasteiger partial charge is 0.265 e. The molecule has 5 heteroatoms. The second-order valence-electron chi connectivity index (χ2n) is 15.6. The van der Waals surface area contributed by atoms with E-state index in [-0.39, 0.29) is 0 Å². The zero-order valence-electron chi connectivity index (χ0n) is 32.9. The first-order chi connectivity index (χ1) is 30.2. The zero-order valence-corrected chi connectivity index (χ0v) is 32.9. The summed E-state index contributed by atoms with van der Waals surface area (Å²) >= 11 is 0. The van der Waals surface area contributed by atoms with Gasteiger partial charge < -0.3 is 0 Å². The average molecular weight is 778 g/mol. The minimum Gasteiger partial charge on any atom is -0.265 e. The molecule has 0 unspecified atom stereocenters. The van der Waals surface area contributed by atoms with Gasteiger partial charge in [-0.1, -0.05) is 158 Å². The lowest BCUT2D eigenvalue weighted by Gasteiger charge is -2.35. The van der Waals surface area contributed by atoms with Gasteiger partial charge in [0.25, 0.3) is 0 Å². The summed E-state index contributed by atoms with van der Waals surface area (Å²) in [5.74, 6) is 1.83. The van der Waals surface area contributed by atoms with Crippen molar-refractivity contribution in [2.75, 3.05) is 0 Å². The van der Waals surface area contributed by atoms with Gasteiger partial charge in [0.2, 0.25) is 0 Å². The van der Waals surface area contributed by atoms with Crippen molar-refractivity contribution < 1.29 is 0 Å². The van der Waals surface area contributed by atoms with Crippen molar-refractivity contribution in [3.05, 3.63) is 235 Å². The number of nitrogens with zero attached hydrogens (tertiary/aromatic N) is 5. The van der Waals surface area contributed by atoms with Crippen LogP contribution in [-0.4, -0.2) is 24.9 Å². The van der Waals surface area contributed by atoms with E-state index in [1.54, 1.807) is 0 Å². The Hall–Kier alpha value is -8.15. The zero-order chi connectivity index (χ0) is 40.3. The van der Waals surface area contributed by atoms with Crippen LogP contribution in [0.25, 0.3) is 89.8 Å². The van der Waals surface area contributed by atoms with Crippen molar-refractivity contribution in [3.63, 3.8) is 0 Å². The molecule has 1 spiro atoms. The van der Waals surface area contributed by atoms with E-state index in [2.05, 4.69) is 174 Å². The highest BCUT2D eigenvalue weighted by molar-refractivity contribution is 5.98. The number of rotatable bonds is 5. The van der Waals surface area contributed by atoms with Gasteiger partial charge in [-0.3, -0.25) is 9.97 Å². The first-order valence-corrected chi connectivity index (χ1v) is 20.6. The van der Waals surface area contributed by atoms with Crippen molar-refractivity contribution in [1.29, 1.82) is 0 Å². The molecule has 3 heterocycles. The maximum Gasteiger partial charge on any atom is 0.164 e. The fraction of sp³-hybridized carbons (Fsp3) is 0.0179. The summed E-state index contributed by atoms with van der Waals surface area (Å²) in [5, 5.41) is 0. The van der Waals surface area contributed by atoms with Crippen molar-refractivity contribution in [2.24, 2.45) is 0 Å². The molecule has 0 amide bonds. The van der Waals surface area contributed by atoms with Crippen LogP contribution >= 0.6 is 0 Å². The maximum atomic E-state index is 5.26. The highest BCUT2D eigenvalue weighted by atomic mass is 15.0. The normalized spacial score (nSPS) is 12.7. The smallest absolute Gasteiger partial charge is 0.164 e. The predicted octanol–water partition coefficient (Wildman–Crippen LogP) is 13.0. The number of benzene rings is 7. The van der Waals surface area contributed by atoms with Gasteiger partial charge in [0.05, 0.1) is 5.41 Å². The van der Waals surface area contributed by atoms with Gasteiger partial charge in [0.15, 0.2) is 17.5 Å². The van der Waals surface area contributed by atoms with E-state index in [0.29, 0.717) is 17.5 Å². The third-order valence-electron chi connectivity index (χ3n) is 12.4. The molecular formula is C56H35N5. The Balaban J connectivity index is 1.08. The second kappa shape index (κ2) is 14.0. The van der Waals surface area contributed by atoms with Gasteiger partial charge in [0.1, 0.15) is 0 Å². The SMILES string of the molecule is c1ccc2c(c1)-c1ccccc1C1(c3ccc(-c4nc(-c5ccc(-c6ccncc6)cc5)nc(-c5ccc(-c6ccncc6)cc5)n4)cc3-2)c2ccccc2-c2ccccc21. The third kappa shape index (κ3) is 5.52. The van der Waals surface area contributed by atoms with Gasteiger partial charge in [-0.25, -0.2) is 15.0 Å². The third-order valence-corrected chi connectivity index (χ3v) is 12.4. The van der Waals surface area contributed by atoms with Crippen LogP contribution in [0.4, 0.5) is 0 Å². The Morgan fingerprint density at radius 1 is 0.246 bits per heavy atom. The van der Waals surface area contributed by atoms with Crippen LogP contribution in [0.3, 0.4) is 0 Å². The molecule has 5 nitrogen and oxygen atoms in total. The number of hydrogen-bond acceptors (Lipinski definition) is 5. The number of aromatic nitrogens is 5. The predicted molar refractivity (Wildman–Crippen MR) is 244 cm³/mol. The molecule has 2 aliphatic carbocycles. The molecule has 0 N–H and O–H groups in total. The van der Waals surface area contributed by atoms with Gasteiger partial charge in [0, 0.05) is 41.5 Å². The molecule has 284 valence electrons. The molecule has 0 aliphatic heterocycles. The van der Waals surface area contributed by atoms with Gasteiger partial charge in [-0.2, -0.15) is 0 Å². The Kier molecular flexibility index (Phi) is 8.00. The van der Waals surface area contributed by atoms with Gasteiger partial charge in [-0.05, 0) is 108 Å². The van der Waals surface area contributed by atoms with Gasteiger partial charge in [-0.15, -0.1) is 0 Å². The fourth-order valence-electron chi connectivity index (χ4n) is 9.67. The minimum atomic E-state index is -0.556. The van der Waals surface area contributed by atoms with Crippen LogP contribution < -0.4 is 0 Å². The first kappa shape index (κ1) is 34.9. The first-order valence-electron chi connectivity index (χ1n) is 20.6. The highest BCUT2D eigenvalue weighted by Gasteiger charge is 2.49. The van der Waals surface area contributed by atoms with E-state index in [1.807, 2.05) is 49.1 Å². The monoisotopic (exact) mass is 777 g/mol. The Morgan fingerprint density at radius 3 is 1.02 bits per heavy atom. The molecule has 2 aliphatic rings. The molecule has 0 saturated carbocycles. The highest BCUT2D eigenvalue weighted by Crippen LogP contribution is 2.61. The van der Waals surface area contributed by atoms with E-state index in [9.17, 15) is 0 Å². The molecule has 61 heavy (non-hydrogen) atoms.